The highest BCUT2D eigenvalue weighted by Gasteiger charge is 2.29. The molecule has 1 heterocycles. The van der Waals surface area contributed by atoms with E-state index in [4.69, 9.17) is 0 Å². The smallest absolute Gasteiger partial charge is 0.219 e. The van der Waals surface area contributed by atoms with Gasteiger partial charge in [-0.05, 0) is 66.7 Å². The van der Waals surface area contributed by atoms with Gasteiger partial charge in [0.25, 0.3) is 0 Å². The predicted molar refractivity (Wildman–Crippen MR) is 102 cm³/mol. The molecular formula is C20H30O2S. The third kappa shape index (κ3) is 7.26. The number of hydrogen-bond donors (Lipinski definition) is 1. The van der Waals surface area contributed by atoms with E-state index < -0.39 is 0 Å². The van der Waals surface area contributed by atoms with Crippen LogP contribution in [-0.4, -0.2) is 15.5 Å². The van der Waals surface area contributed by atoms with Crippen LogP contribution >= 0.6 is 11.8 Å². The molecule has 128 valence electrons. The fourth-order valence-electron chi connectivity index (χ4n) is 2.43. The van der Waals surface area contributed by atoms with Crippen LogP contribution < -0.4 is 0 Å². The Balaban J connectivity index is 2.35. The number of aliphatic hydroxyl groups excluding tert-OH is 1. The van der Waals surface area contributed by atoms with Gasteiger partial charge >= 0.3 is 0 Å². The van der Waals surface area contributed by atoms with Gasteiger partial charge in [0.1, 0.15) is 5.76 Å². The molecule has 23 heavy (non-hydrogen) atoms. The van der Waals surface area contributed by atoms with E-state index in [1.807, 2.05) is 0 Å². The number of carbonyl (C=O) groups excluding carboxylic acids is 1. The Labute approximate surface area is 145 Å². The van der Waals surface area contributed by atoms with Crippen molar-refractivity contribution < 1.29 is 9.90 Å². The molecule has 1 aliphatic rings. The zero-order valence-corrected chi connectivity index (χ0v) is 15.9. The van der Waals surface area contributed by atoms with Gasteiger partial charge in [-0.25, -0.2) is 0 Å². The number of hydrogen-bond acceptors (Lipinski definition) is 3. The summed E-state index contributed by atoms with van der Waals surface area (Å²) in [4.78, 5) is 11.5. The molecule has 1 unspecified atom stereocenters. The van der Waals surface area contributed by atoms with Crippen LogP contribution in [0.4, 0.5) is 0 Å². The Morgan fingerprint density at radius 2 is 1.61 bits per heavy atom. The van der Waals surface area contributed by atoms with Crippen molar-refractivity contribution in [2.45, 2.75) is 72.0 Å². The summed E-state index contributed by atoms with van der Waals surface area (Å²) in [6.07, 6.45) is 11.8. The SMILES string of the molecule is CC(C)=CCC/C(C)=C/CC/C(C)=C/CC1SC(=O)C(C)=C1O. The van der Waals surface area contributed by atoms with E-state index in [9.17, 15) is 9.90 Å². The Morgan fingerprint density at radius 3 is 2.13 bits per heavy atom. The highest BCUT2D eigenvalue weighted by molar-refractivity contribution is 8.15. The Hall–Kier alpha value is -1.22. The average molecular weight is 335 g/mol. The Kier molecular flexibility index (Phi) is 8.46. The number of thioether (sulfide) groups is 1. The quantitative estimate of drug-likeness (QED) is 0.531. The van der Waals surface area contributed by atoms with E-state index in [0.29, 0.717) is 5.57 Å². The van der Waals surface area contributed by atoms with Gasteiger partial charge in [0.2, 0.25) is 5.12 Å². The molecule has 2 nitrogen and oxygen atoms in total. The van der Waals surface area contributed by atoms with Gasteiger partial charge < -0.3 is 5.11 Å². The summed E-state index contributed by atoms with van der Waals surface area (Å²) in [5.74, 6) is 0.263. The van der Waals surface area contributed by atoms with Crippen molar-refractivity contribution in [1.29, 1.82) is 0 Å². The summed E-state index contributed by atoms with van der Waals surface area (Å²) >= 11 is 1.24. The predicted octanol–water partition coefficient (Wildman–Crippen LogP) is 6.27. The maximum absolute atomic E-state index is 11.5. The third-order valence-corrected chi connectivity index (χ3v) is 5.27. The first-order chi connectivity index (χ1) is 10.8. The largest absolute Gasteiger partial charge is 0.511 e. The zero-order chi connectivity index (χ0) is 17.4. The van der Waals surface area contributed by atoms with Gasteiger partial charge in [-0.2, -0.15) is 0 Å². The van der Waals surface area contributed by atoms with Crippen LogP contribution in [0.5, 0.6) is 0 Å². The minimum Gasteiger partial charge on any atom is -0.511 e. The second-order valence-corrected chi connectivity index (χ2v) is 7.78. The first-order valence-electron chi connectivity index (χ1n) is 8.36. The van der Waals surface area contributed by atoms with Gasteiger partial charge in [0, 0.05) is 5.57 Å². The van der Waals surface area contributed by atoms with Crippen LogP contribution in [0, 0.1) is 0 Å². The average Bonchev–Trinajstić information content (AvgIpc) is 2.72. The normalized spacial score (nSPS) is 19.5. The molecule has 1 aliphatic heterocycles. The van der Waals surface area contributed by atoms with E-state index in [1.165, 1.54) is 28.5 Å². The van der Waals surface area contributed by atoms with Crippen molar-refractivity contribution in [3.8, 4) is 0 Å². The molecule has 1 atom stereocenters. The first kappa shape index (κ1) is 19.8. The van der Waals surface area contributed by atoms with E-state index >= 15 is 0 Å². The summed E-state index contributed by atoms with van der Waals surface area (Å²) in [6, 6.07) is 0. The number of allylic oxidation sites excluding steroid dienone is 6. The molecule has 0 saturated heterocycles. The molecule has 0 aromatic carbocycles. The molecule has 1 N–H and O–H groups in total. The van der Waals surface area contributed by atoms with Gasteiger partial charge in [0.15, 0.2) is 0 Å². The summed E-state index contributed by atoms with van der Waals surface area (Å²) in [7, 11) is 0. The monoisotopic (exact) mass is 334 g/mol. The van der Waals surface area contributed by atoms with Crippen LogP contribution in [0.15, 0.2) is 46.3 Å². The van der Waals surface area contributed by atoms with Crippen molar-refractivity contribution >= 4 is 16.9 Å². The maximum atomic E-state index is 11.5. The lowest BCUT2D eigenvalue weighted by molar-refractivity contribution is -0.107. The molecule has 3 heteroatoms. The molecule has 0 radical (unpaired) electrons. The first-order valence-corrected chi connectivity index (χ1v) is 9.24. The highest BCUT2D eigenvalue weighted by atomic mass is 32.2. The molecule has 0 fully saturated rings. The van der Waals surface area contributed by atoms with Crippen LogP contribution in [0.3, 0.4) is 0 Å². The molecule has 0 aliphatic carbocycles. The summed E-state index contributed by atoms with van der Waals surface area (Å²) in [5, 5.41) is 9.83. The molecule has 0 amide bonds. The van der Waals surface area contributed by atoms with Crippen LogP contribution in [0.1, 0.15) is 66.7 Å². The lowest BCUT2D eigenvalue weighted by Crippen LogP contribution is -2.01. The Morgan fingerprint density at radius 1 is 1.04 bits per heavy atom. The molecule has 1 rings (SSSR count). The van der Waals surface area contributed by atoms with Crippen LogP contribution in [0.2, 0.25) is 0 Å². The van der Waals surface area contributed by atoms with Crippen LogP contribution in [-0.2, 0) is 4.79 Å². The van der Waals surface area contributed by atoms with E-state index in [-0.39, 0.29) is 16.1 Å². The van der Waals surface area contributed by atoms with Gasteiger partial charge in [-0.15, -0.1) is 0 Å². The maximum Gasteiger partial charge on any atom is 0.219 e. The van der Waals surface area contributed by atoms with Crippen molar-refractivity contribution in [2.24, 2.45) is 0 Å². The van der Waals surface area contributed by atoms with Gasteiger partial charge in [-0.1, -0.05) is 46.7 Å². The van der Waals surface area contributed by atoms with Crippen molar-refractivity contribution in [2.75, 3.05) is 0 Å². The Bertz CT molecular complexity index is 546. The molecular weight excluding hydrogens is 304 g/mol. The minimum atomic E-state index is -0.0844. The highest BCUT2D eigenvalue weighted by Crippen LogP contribution is 2.34. The van der Waals surface area contributed by atoms with Crippen molar-refractivity contribution in [1.82, 2.24) is 0 Å². The molecule has 0 saturated carbocycles. The standard InChI is InChI=1S/C20H30O2S/c1-14(2)8-6-9-15(3)10-7-11-16(4)12-13-18-19(21)17(5)20(22)23-18/h8,10,12,18,21H,6-7,9,11,13H2,1-5H3/b15-10+,16-12+. The number of aliphatic hydroxyl groups is 1. The lowest BCUT2D eigenvalue weighted by Gasteiger charge is -2.07. The summed E-state index contributed by atoms with van der Waals surface area (Å²) in [6.45, 7) is 10.3. The van der Waals surface area contributed by atoms with Crippen LogP contribution in [0.25, 0.3) is 0 Å². The fourth-order valence-corrected chi connectivity index (χ4v) is 3.45. The van der Waals surface area contributed by atoms with Gasteiger partial charge in [0.05, 0.1) is 5.25 Å². The molecule has 0 spiro atoms. The minimum absolute atomic E-state index is 0.00785. The number of carbonyl (C=O) groups is 1. The zero-order valence-electron chi connectivity index (χ0n) is 15.1. The molecule has 0 aromatic rings. The summed E-state index contributed by atoms with van der Waals surface area (Å²) in [5.41, 5.74) is 4.67. The van der Waals surface area contributed by atoms with E-state index in [0.717, 1.165) is 32.1 Å². The van der Waals surface area contributed by atoms with E-state index in [2.05, 4.69) is 45.9 Å². The van der Waals surface area contributed by atoms with Crippen molar-refractivity contribution in [3.05, 3.63) is 46.3 Å². The fraction of sp³-hybridized carbons (Fsp3) is 0.550. The van der Waals surface area contributed by atoms with E-state index in [1.54, 1.807) is 6.92 Å². The second-order valence-electron chi connectivity index (χ2n) is 6.60. The third-order valence-electron chi connectivity index (χ3n) is 4.05. The van der Waals surface area contributed by atoms with Gasteiger partial charge in [-0.3, -0.25) is 4.79 Å². The second kappa shape index (κ2) is 9.82. The topological polar surface area (TPSA) is 37.3 Å². The van der Waals surface area contributed by atoms with Crippen molar-refractivity contribution in [3.63, 3.8) is 0 Å². The number of rotatable bonds is 8. The molecule has 0 aromatic heterocycles. The summed E-state index contributed by atoms with van der Waals surface area (Å²) < 4.78 is 0. The molecule has 0 bridgehead atoms. The lowest BCUT2D eigenvalue weighted by atomic mass is 10.1.